The maximum atomic E-state index is 11.0. The number of carbonyl (C=O) groups is 1. The van der Waals surface area contributed by atoms with Crippen molar-refractivity contribution in [2.45, 2.75) is 32.6 Å². The molecule has 1 aliphatic carbocycles. The lowest BCUT2D eigenvalue weighted by Gasteiger charge is -2.23. The van der Waals surface area contributed by atoms with E-state index in [2.05, 4.69) is 22.6 Å². The van der Waals surface area contributed by atoms with Crippen LogP contribution in [0.5, 0.6) is 0 Å². The summed E-state index contributed by atoms with van der Waals surface area (Å²) < 4.78 is 0. The molecule has 0 atom stereocenters. The van der Waals surface area contributed by atoms with Gasteiger partial charge in [0.1, 0.15) is 0 Å². The first-order valence-electron chi connectivity index (χ1n) is 4.73. The van der Waals surface area contributed by atoms with Crippen molar-refractivity contribution in [2.75, 3.05) is 13.7 Å². The van der Waals surface area contributed by atoms with Gasteiger partial charge in [-0.2, -0.15) is 0 Å². The molecule has 1 saturated carbocycles. The Morgan fingerprint density at radius 1 is 1.46 bits per heavy atom. The van der Waals surface area contributed by atoms with Crippen LogP contribution in [0.15, 0.2) is 0 Å². The normalized spacial score (nSPS) is 19.8. The molecular weight excluding hydrogens is 168 g/mol. The van der Waals surface area contributed by atoms with Crippen molar-refractivity contribution in [2.24, 2.45) is 5.41 Å². The predicted molar refractivity (Wildman–Crippen MR) is 50.1 cm³/mol. The Balaban J connectivity index is 2.21. The molecule has 76 valence electrons. The Labute approximate surface area is 79.0 Å². The Kier molecular flexibility index (Phi) is 3.54. The largest absolute Gasteiger partial charge is 0.338 e. The summed E-state index contributed by atoms with van der Waals surface area (Å²) in [6, 6.07) is -0.254. The van der Waals surface area contributed by atoms with Gasteiger partial charge in [0.05, 0.1) is 7.11 Å². The third-order valence-corrected chi connectivity index (χ3v) is 2.68. The third-order valence-electron chi connectivity index (χ3n) is 2.68. The Bertz CT molecular complexity index is 176. The molecule has 1 rings (SSSR count). The monoisotopic (exact) mass is 186 g/mol. The molecule has 0 aromatic carbocycles. The maximum Gasteiger partial charge on any atom is 0.338 e. The number of nitrogens with one attached hydrogen (secondary N) is 2. The summed E-state index contributed by atoms with van der Waals surface area (Å²) in [5, 5.41) is 2.79. The lowest BCUT2D eigenvalue weighted by atomic mass is 9.89. The predicted octanol–water partition coefficient (Wildman–Crippen LogP) is 1.43. The highest BCUT2D eigenvalue weighted by Gasteiger charge is 2.28. The minimum absolute atomic E-state index is 0.254. The van der Waals surface area contributed by atoms with Gasteiger partial charge in [-0.15, -0.1) is 0 Å². The van der Waals surface area contributed by atoms with Gasteiger partial charge in [-0.25, -0.2) is 10.3 Å². The highest BCUT2D eigenvalue weighted by Crippen LogP contribution is 2.36. The molecule has 2 amide bonds. The van der Waals surface area contributed by atoms with Crippen molar-refractivity contribution in [3.63, 3.8) is 0 Å². The van der Waals surface area contributed by atoms with Crippen molar-refractivity contribution >= 4 is 6.03 Å². The summed E-state index contributed by atoms with van der Waals surface area (Å²) in [6.07, 6.45) is 4.98. The standard InChI is InChI=1S/C9H18N2O2/c1-9(5-3-4-6-9)7-10-8(12)11-13-2/h3-7H2,1-2H3,(H2,10,11,12). The van der Waals surface area contributed by atoms with E-state index < -0.39 is 0 Å². The van der Waals surface area contributed by atoms with Gasteiger partial charge in [0.25, 0.3) is 0 Å². The molecule has 0 saturated heterocycles. The van der Waals surface area contributed by atoms with E-state index in [4.69, 9.17) is 0 Å². The number of hydroxylamine groups is 1. The van der Waals surface area contributed by atoms with E-state index in [-0.39, 0.29) is 6.03 Å². The molecule has 0 spiro atoms. The van der Waals surface area contributed by atoms with Crippen LogP contribution in [0.4, 0.5) is 4.79 Å². The zero-order chi connectivity index (χ0) is 9.73. The number of hydrogen-bond donors (Lipinski definition) is 2. The van der Waals surface area contributed by atoms with Crippen molar-refractivity contribution < 1.29 is 9.63 Å². The van der Waals surface area contributed by atoms with Gasteiger partial charge in [0.15, 0.2) is 0 Å². The van der Waals surface area contributed by atoms with Crippen LogP contribution in [-0.4, -0.2) is 19.7 Å². The van der Waals surface area contributed by atoms with Crippen LogP contribution >= 0.6 is 0 Å². The topological polar surface area (TPSA) is 50.4 Å². The average Bonchev–Trinajstić information content (AvgIpc) is 2.51. The van der Waals surface area contributed by atoms with E-state index >= 15 is 0 Å². The van der Waals surface area contributed by atoms with E-state index in [1.165, 1.54) is 32.8 Å². The molecular formula is C9H18N2O2. The van der Waals surface area contributed by atoms with Gasteiger partial charge in [-0.3, -0.25) is 4.84 Å². The van der Waals surface area contributed by atoms with Crippen LogP contribution in [0.2, 0.25) is 0 Å². The Morgan fingerprint density at radius 3 is 2.62 bits per heavy atom. The lowest BCUT2D eigenvalue weighted by molar-refractivity contribution is 0.105. The summed E-state index contributed by atoms with van der Waals surface area (Å²) in [5.74, 6) is 0. The van der Waals surface area contributed by atoms with Gasteiger partial charge < -0.3 is 5.32 Å². The molecule has 0 aromatic heterocycles. The van der Waals surface area contributed by atoms with E-state index in [0.717, 1.165) is 6.54 Å². The fourth-order valence-electron chi connectivity index (χ4n) is 1.83. The minimum atomic E-state index is -0.254. The first kappa shape index (κ1) is 10.3. The number of hydrogen-bond acceptors (Lipinski definition) is 2. The molecule has 0 unspecified atom stereocenters. The highest BCUT2D eigenvalue weighted by molar-refractivity contribution is 5.72. The number of carbonyl (C=O) groups excluding carboxylic acids is 1. The lowest BCUT2D eigenvalue weighted by Crippen LogP contribution is -2.40. The third kappa shape index (κ3) is 3.22. The van der Waals surface area contributed by atoms with Crippen LogP contribution in [0.25, 0.3) is 0 Å². The highest BCUT2D eigenvalue weighted by atomic mass is 16.6. The van der Waals surface area contributed by atoms with E-state index in [1.54, 1.807) is 0 Å². The van der Waals surface area contributed by atoms with Gasteiger partial charge in [-0.05, 0) is 18.3 Å². The zero-order valence-corrected chi connectivity index (χ0v) is 8.35. The summed E-state index contributed by atoms with van der Waals surface area (Å²) in [6.45, 7) is 2.95. The second-order valence-corrected chi connectivity index (χ2v) is 4.01. The Morgan fingerprint density at radius 2 is 2.08 bits per heavy atom. The van der Waals surface area contributed by atoms with E-state index in [1.807, 2.05) is 0 Å². The summed E-state index contributed by atoms with van der Waals surface area (Å²) in [4.78, 5) is 15.5. The van der Waals surface area contributed by atoms with Crippen molar-refractivity contribution in [3.05, 3.63) is 0 Å². The number of amides is 2. The van der Waals surface area contributed by atoms with Gasteiger partial charge in [0, 0.05) is 6.54 Å². The smallest absolute Gasteiger partial charge is 0.336 e. The summed E-state index contributed by atoms with van der Waals surface area (Å²) in [5.41, 5.74) is 2.53. The van der Waals surface area contributed by atoms with Crippen molar-refractivity contribution in [1.29, 1.82) is 0 Å². The SMILES string of the molecule is CONC(=O)NCC1(C)CCCC1. The van der Waals surface area contributed by atoms with Gasteiger partial charge in [0.2, 0.25) is 0 Å². The minimum Gasteiger partial charge on any atom is -0.336 e. The van der Waals surface area contributed by atoms with Crippen molar-refractivity contribution in [3.8, 4) is 0 Å². The Hall–Kier alpha value is -0.770. The first-order chi connectivity index (χ1) is 6.16. The van der Waals surface area contributed by atoms with Crippen LogP contribution in [-0.2, 0) is 4.84 Å². The van der Waals surface area contributed by atoms with Crippen LogP contribution < -0.4 is 10.8 Å². The van der Waals surface area contributed by atoms with Gasteiger partial charge >= 0.3 is 6.03 Å². The summed E-state index contributed by atoms with van der Waals surface area (Å²) in [7, 11) is 1.43. The fourth-order valence-corrected chi connectivity index (χ4v) is 1.83. The second kappa shape index (κ2) is 4.46. The molecule has 4 nitrogen and oxygen atoms in total. The molecule has 4 heteroatoms. The zero-order valence-electron chi connectivity index (χ0n) is 8.35. The summed E-state index contributed by atoms with van der Waals surface area (Å²) >= 11 is 0. The van der Waals surface area contributed by atoms with E-state index in [0.29, 0.717) is 5.41 Å². The number of rotatable bonds is 3. The van der Waals surface area contributed by atoms with Crippen LogP contribution in [0.3, 0.4) is 0 Å². The average molecular weight is 186 g/mol. The van der Waals surface area contributed by atoms with Crippen LogP contribution in [0, 0.1) is 5.41 Å². The van der Waals surface area contributed by atoms with Crippen molar-refractivity contribution in [1.82, 2.24) is 10.8 Å². The van der Waals surface area contributed by atoms with E-state index in [9.17, 15) is 4.79 Å². The van der Waals surface area contributed by atoms with Gasteiger partial charge in [-0.1, -0.05) is 19.8 Å². The first-order valence-corrected chi connectivity index (χ1v) is 4.73. The molecule has 0 aromatic rings. The molecule has 2 N–H and O–H groups in total. The second-order valence-electron chi connectivity index (χ2n) is 4.01. The fraction of sp³-hybridized carbons (Fsp3) is 0.889. The molecule has 1 fully saturated rings. The maximum absolute atomic E-state index is 11.0. The molecule has 0 bridgehead atoms. The molecule has 0 radical (unpaired) electrons. The number of urea groups is 1. The molecule has 1 aliphatic rings. The molecule has 0 heterocycles. The molecule has 13 heavy (non-hydrogen) atoms. The van der Waals surface area contributed by atoms with Crippen LogP contribution in [0.1, 0.15) is 32.6 Å². The molecule has 0 aliphatic heterocycles. The quantitative estimate of drug-likeness (QED) is 0.655.